The van der Waals surface area contributed by atoms with Crippen LogP contribution >= 0.6 is 0 Å². The lowest BCUT2D eigenvalue weighted by molar-refractivity contribution is 0.325. The molecule has 124 valence electrons. The molecule has 0 spiro atoms. The number of hydrogen-bond donors (Lipinski definition) is 0. The molecular formula is C17H36O2Si2. The highest BCUT2D eigenvalue weighted by Gasteiger charge is 2.37. The van der Waals surface area contributed by atoms with Gasteiger partial charge in [-0.25, -0.2) is 0 Å². The summed E-state index contributed by atoms with van der Waals surface area (Å²) in [4.78, 5) is 0. The van der Waals surface area contributed by atoms with E-state index in [0.717, 1.165) is 0 Å². The van der Waals surface area contributed by atoms with E-state index >= 15 is 0 Å². The Labute approximate surface area is 134 Å². The molecule has 0 bridgehead atoms. The molecule has 21 heavy (non-hydrogen) atoms. The van der Waals surface area contributed by atoms with Gasteiger partial charge in [0.15, 0.2) is 16.6 Å². The van der Waals surface area contributed by atoms with E-state index in [2.05, 4.69) is 73.5 Å². The second-order valence-corrected chi connectivity index (χ2v) is 18.3. The Morgan fingerprint density at radius 2 is 1.00 bits per heavy atom. The summed E-state index contributed by atoms with van der Waals surface area (Å²) in [6.45, 7) is 23.9. The van der Waals surface area contributed by atoms with E-state index in [1.165, 1.54) is 0 Å². The van der Waals surface area contributed by atoms with E-state index in [1.54, 1.807) is 0 Å². The maximum atomic E-state index is 6.06. The quantitative estimate of drug-likeness (QED) is 0.457. The van der Waals surface area contributed by atoms with Crippen molar-refractivity contribution >= 4 is 16.6 Å². The first kappa shape index (κ1) is 20.9. The zero-order chi connectivity index (χ0) is 16.9. The smallest absolute Gasteiger partial charge is 0.192 e. The van der Waals surface area contributed by atoms with Crippen LogP contribution in [0.5, 0.6) is 0 Å². The van der Waals surface area contributed by atoms with Crippen molar-refractivity contribution in [2.24, 2.45) is 0 Å². The molecule has 2 nitrogen and oxygen atoms in total. The molecule has 0 saturated carbocycles. The number of hydrogen-bond acceptors (Lipinski definition) is 2. The summed E-state index contributed by atoms with van der Waals surface area (Å²) < 4.78 is 12.1. The fourth-order valence-corrected chi connectivity index (χ4v) is 2.98. The third-order valence-corrected chi connectivity index (χ3v) is 13.9. The van der Waals surface area contributed by atoms with E-state index in [-0.39, 0.29) is 10.1 Å². The molecule has 0 unspecified atom stereocenters. The predicted octanol–water partition coefficient (Wildman–Crippen LogP) is 5.74. The van der Waals surface area contributed by atoms with Crippen molar-refractivity contribution < 1.29 is 8.85 Å². The third-order valence-electron chi connectivity index (χ3n) is 4.90. The second kappa shape index (κ2) is 7.43. The molecular weight excluding hydrogens is 292 g/mol. The molecule has 0 heterocycles. The fraction of sp³-hybridized carbons (Fsp3) is 0.824. The molecule has 0 saturated heterocycles. The lowest BCUT2D eigenvalue weighted by Gasteiger charge is -2.35. The largest absolute Gasteiger partial charge is 0.413 e. The minimum Gasteiger partial charge on any atom is -0.413 e. The van der Waals surface area contributed by atoms with Gasteiger partial charge < -0.3 is 8.85 Å². The van der Waals surface area contributed by atoms with Gasteiger partial charge in [0.1, 0.15) is 0 Å². The fourth-order valence-electron chi connectivity index (χ4n) is 1.11. The summed E-state index contributed by atoms with van der Waals surface area (Å²) in [6.07, 6.45) is 3.94. The van der Waals surface area contributed by atoms with E-state index in [4.69, 9.17) is 8.85 Å². The van der Waals surface area contributed by atoms with Crippen LogP contribution < -0.4 is 0 Å². The molecule has 0 aliphatic rings. The molecule has 0 aliphatic carbocycles. The van der Waals surface area contributed by atoms with Gasteiger partial charge in [0, 0.05) is 0 Å². The minimum absolute atomic E-state index is 0.260. The van der Waals surface area contributed by atoms with Crippen LogP contribution in [0, 0.1) is 0 Å². The Balaban J connectivity index is 4.24. The monoisotopic (exact) mass is 328 g/mol. The molecule has 0 aromatic rings. The third kappa shape index (κ3) is 7.11. The molecule has 0 fully saturated rings. The van der Waals surface area contributed by atoms with Gasteiger partial charge in [0.05, 0.1) is 13.2 Å². The van der Waals surface area contributed by atoms with Crippen LogP contribution in [0.1, 0.15) is 41.5 Å². The van der Waals surface area contributed by atoms with Crippen LogP contribution in [0.2, 0.25) is 36.3 Å². The topological polar surface area (TPSA) is 18.5 Å². The Morgan fingerprint density at radius 3 is 1.24 bits per heavy atom. The Hall–Kier alpha value is -0.126. The summed E-state index contributed by atoms with van der Waals surface area (Å²) >= 11 is 0. The van der Waals surface area contributed by atoms with Crippen LogP contribution in [-0.4, -0.2) is 29.8 Å². The molecule has 0 aromatic carbocycles. The first-order chi connectivity index (χ1) is 9.21. The van der Waals surface area contributed by atoms with Gasteiger partial charge >= 0.3 is 0 Å². The lowest BCUT2D eigenvalue weighted by Crippen LogP contribution is -2.40. The van der Waals surface area contributed by atoms with Gasteiger partial charge in [-0.15, -0.1) is 5.73 Å². The summed E-state index contributed by atoms with van der Waals surface area (Å²) in [7, 11) is -3.28. The Bertz CT molecular complexity index is 345. The molecule has 0 aromatic heterocycles. The zero-order valence-electron chi connectivity index (χ0n) is 15.9. The van der Waals surface area contributed by atoms with Crippen molar-refractivity contribution in [3.05, 3.63) is 17.9 Å². The van der Waals surface area contributed by atoms with E-state index in [1.807, 2.05) is 12.2 Å². The van der Waals surface area contributed by atoms with Crippen LogP contribution in [0.15, 0.2) is 17.9 Å². The van der Waals surface area contributed by atoms with Crippen LogP contribution in [-0.2, 0) is 8.85 Å². The summed E-state index contributed by atoms with van der Waals surface area (Å²) in [6, 6.07) is 0. The summed E-state index contributed by atoms with van der Waals surface area (Å²) in [5.41, 5.74) is 3.18. The highest BCUT2D eigenvalue weighted by Crippen LogP contribution is 2.37. The maximum absolute atomic E-state index is 6.06. The van der Waals surface area contributed by atoms with Crippen molar-refractivity contribution in [1.29, 1.82) is 0 Å². The summed E-state index contributed by atoms with van der Waals surface area (Å²) in [5, 5.41) is 0.520. The van der Waals surface area contributed by atoms with Gasteiger partial charge in [-0.1, -0.05) is 41.5 Å². The van der Waals surface area contributed by atoms with Crippen LogP contribution in [0.25, 0.3) is 0 Å². The Kier molecular flexibility index (Phi) is 7.38. The first-order valence-corrected chi connectivity index (χ1v) is 13.7. The van der Waals surface area contributed by atoms with E-state index < -0.39 is 16.6 Å². The minimum atomic E-state index is -1.64. The molecule has 0 amide bonds. The van der Waals surface area contributed by atoms with Gasteiger partial charge in [-0.3, -0.25) is 0 Å². The SMILES string of the molecule is CC(C)(C)[Si](C)(C)OCC=C=CCO[Si](C)(C)C(C)(C)C. The van der Waals surface area contributed by atoms with Crippen molar-refractivity contribution in [3.8, 4) is 0 Å². The van der Waals surface area contributed by atoms with Crippen molar-refractivity contribution in [3.63, 3.8) is 0 Å². The van der Waals surface area contributed by atoms with E-state index in [0.29, 0.717) is 13.2 Å². The molecule has 0 aliphatic heterocycles. The van der Waals surface area contributed by atoms with Crippen molar-refractivity contribution in [1.82, 2.24) is 0 Å². The highest BCUT2D eigenvalue weighted by atomic mass is 28.4. The highest BCUT2D eigenvalue weighted by molar-refractivity contribution is 6.74. The average Bonchev–Trinajstić information content (AvgIpc) is 2.24. The molecule has 4 heteroatoms. The Morgan fingerprint density at radius 1 is 0.714 bits per heavy atom. The normalized spacial score (nSPS) is 13.8. The molecule has 0 N–H and O–H groups in total. The van der Waals surface area contributed by atoms with Crippen molar-refractivity contribution in [2.75, 3.05) is 13.2 Å². The predicted molar refractivity (Wildman–Crippen MR) is 99.0 cm³/mol. The maximum Gasteiger partial charge on any atom is 0.192 e. The lowest BCUT2D eigenvalue weighted by atomic mass is 10.2. The van der Waals surface area contributed by atoms with Crippen LogP contribution in [0.4, 0.5) is 0 Å². The van der Waals surface area contributed by atoms with Crippen molar-refractivity contribution in [2.45, 2.75) is 77.8 Å². The van der Waals surface area contributed by atoms with Gasteiger partial charge in [-0.2, -0.15) is 0 Å². The van der Waals surface area contributed by atoms with Crippen LogP contribution in [0.3, 0.4) is 0 Å². The van der Waals surface area contributed by atoms with Gasteiger partial charge in [0.2, 0.25) is 0 Å². The molecule has 0 rings (SSSR count). The zero-order valence-corrected chi connectivity index (χ0v) is 17.9. The van der Waals surface area contributed by atoms with Gasteiger partial charge in [-0.05, 0) is 48.4 Å². The summed E-state index contributed by atoms with van der Waals surface area (Å²) in [5.74, 6) is 0. The molecule has 0 radical (unpaired) electrons. The average molecular weight is 329 g/mol. The standard InChI is InChI=1S/C17H36O2Si2/c1-16(2,3)20(7,8)18-14-12-11-13-15-19-21(9,10)17(4,5)6/h12-13H,14-15H2,1-10H3. The van der Waals surface area contributed by atoms with E-state index in [9.17, 15) is 0 Å². The first-order valence-electron chi connectivity index (χ1n) is 7.88. The number of rotatable bonds is 6. The van der Waals surface area contributed by atoms with Gasteiger partial charge in [0.25, 0.3) is 0 Å². The second-order valence-electron chi connectivity index (χ2n) is 8.72. The molecule has 0 atom stereocenters.